The van der Waals surface area contributed by atoms with Crippen LogP contribution in [0.3, 0.4) is 0 Å². The van der Waals surface area contributed by atoms with Gasteiger partial charge in [0.1, 0.15) is 4.21 Å². The average molecular weight is 336 g/mol. The second kappa shape index (κ2) is 4.89. The lowest BCUT2D eigenvalue weighted by molar-refractivity contribution is 0.579. The van der Waals surface area contributed by atoms with E-state index >= 15 is 0 Å². The molecular formula is C9H10BrN3O2S2. The first-order valence-electron chi connectivity index (χ1n) is 4.71. The maximum Gasteiger partial charge on any atom is 0.250 e. The Bertz CT molecular complexity index is 618. The van der Waals surface area contributed by atoms with E-state index in [4.69, 9.17) is 0 Å². The lowest BCUT2D eigenvalue weighted by Crippen LogP contribution is -2.23. The Morgan fingerprint density at radius 3 is 2.76 bits per heavy atom. The van der Waals surface area contributed by atoms with E-state index in [0.29, 0.717) is 4.21 Å². The van der Waals surface area contributed by atoms with Gasteiger partial charge in [-0.2, -0.15) is 5.10 Å². The van der Waals surface area contributed by atoms with Crippen molar-refractivity contribution in [3.63, 3.8) is 0 Å². The standard InChI is InChI=1S/C9H10BrN3O2S2/c1-13-7(4-5-11-13)6-12-17(14,15)9-3-2-8(10)16-9/h2-5,12H,6H2,1H3. The summed E-state index contributed by atoms with van der Waals surface area (Å²) in [6.07, 6.45) is 1.63. The normalized spacial score (nSPS) is 11.9. The van der Waals surface area contributed by atoms with Gasteiger partial charge in [-0.05, 0) is 34.1 Å². The van der Waals surface area contributed by atoms with Gasteiger partial charge < -0.3 is 0 Å². The van der Waals surface area contributed by atoms with Crippen LogP contribution in [-0.2, 0) is 23.6 Å². The van der Waals surface area contributed by atoms with Crippen molar-refractivity contribution in [1.29, 1.82) is 0 Å². The molecule has 0 unspecified atom stereocenters. The topological polar surface area (TPSA) is 64.0 Å². The minimum atomic E-state index is -3.43. The third-order valence-corrected chi connectivity index (χ3v) is 5.70. The maximum atomic E-state index is 11.9. The number of sulfonamides is 1. The third-order valence-electron chi connectivity index (χ3n) is 2.18. The molecule has 2 aromatic rings. The highest BCUT2D eigenvalue weighted by molar-refractivity contribution is 9.11. The number of aromatic nitrogens is 2. The van der Waals surface area contributed by atoms with Gasteiger partial charge in [0.25, 0.3) is 0 Å². The molecule has 17 heavy (non-hydrogen) atoms. The third kappa shape index (κ3) is 2.95. The summed E-state index contributed by atoms with van der Waals surface area (Å²) in [5.74, 6) is 0. The number of nitrogens with one attached hydrogen (secondary N) is 1. The molecule has 5 nitrogen and oxygen atoms in total. The van der Waals surface area contributed by atoms with E-state index in [9.17, 15) is 8.42 Å². The van der Waals surface area contributed by atoms with Gasteiger partial charge in [0.05, 0.1) is 16.0 Å². The van der Waals surface area contributed by atoms with Crippen molar-refractivity contribution >= 4 is 37.3 Å². The summed E-state index contributed by atoms with van der Waals surface area (Å²) < 4.78 is 29.1. The van der Waals surface area contributed by atoms with Crippen molar-refractivity contribution in [1.82, 2.24) is 14.5 Å². The SMILES string of the molecule is Cn1nccc1CNS(=O)(=O)c1ccc(Br)s1. The Morgan fingerprint density at radius 2 is 2.24 bits per heavy atom. The Balaban J connectivity index is 2.11. The van der Waals surface area contributed by atoms with Crippen molar-refractivity contribution in [3.05, 3.63) is 33.9 Å². The Morgan fingerprint density at radius 1 is 1.47 bits per heavy atom. The monoisotopic (exact) mass is 335 g/mol. The largest absolute Gasteiger partial charge is 0.271 e. The van der Waals surface area contributed by atoms with Crippen molar-refractivity contribution in [2.24, 2.45) is 7.05 Å². The van der Waals surface area contributed by atoms with Crippen molar-refractivity contribution < 1.29 is 8.42 Å². The van der Waals surface area contributed by atoms with Crippen LogP contribution in [-0.4, -0.2) is 18.2 Å². The van der Waals surface area contributed by atoms with Gasteiger partial charge in [0.2, 0.25) is 10.0 Å². The molecule has 0 radical (unpaired) electrons. The number of hydrogen-bond acceptors (Lipinski definition) is 4. The van der Waals surface area contributed by atoms with Gasteiger partial charge in [-0.3, -0.25) is 4.68 Å². The highest BCUT2D eigenvalue weighted by atomic mass is 79.9. The van der Waals surface area contributed by atoms with Crippen LogP contribution in [0.5, 0.6) is 0 Å². The molecule has 0 aliphatic rings. The molecule has 0 bridgehead atoms. The van der Waals surface area contributed by atoms with Crippen LogP contribution in [0.25, 0.3) is 0 Å². The Labute approximate surface area is 112 Å². The number of hydrogen-bond donors (Lipinski definition) is 1. The molecular weight excluding hydrogens is 326 g/mol. The highest BCUT2D eigenvalue weighted by Gasteiger charge is 2.16. The first-order chi connectivity index (χ1) is 7.99. The van der Waals surface area contributed by atoms with Gasteiger partial charge >= 0.3 is 0 Å². The molecule has 0 aliphatic carbocycles. The second-order valence-electron chi connectivity index (χ2n) is 3.33. The van der Waals surface area contributed by atoms with E-state index in [1.807, 2.05) is 0 Å². The van der Waals surface area contributed by atoms with E-state index in [2.05, 4.69) is 25.8 Å². The molecule has 1 N–H and O–H groups in total. The number of rotatable bonds is 4. The summed E-state index contributed by atoms with van der Waals surface area (Å²) in [5.41, 5.74) is 0.809. The number of halogens is 1. The van der Waals surface area contributed by atoms with Crippen LogP contribution in [0, 0.1) is 0 Å². The first kappa shape index (κ1) is 12.7. The van der Waals surface area contributed by atoms with Crippen LogP contribution < -0.4 is 4.72 Å². The van der Waals surface area contributed by atoms with Gasteiger partial charge in [0, 0.05) is 13.2 Å². The summed E-state index contributed by atoms with van der Waals surface area (Å²) in [6, 6.07) is 5.05. The van der Waals surface area contributed by atoms with E-state index in [0.717, 1.165) is 9.48 Å². The highest BCUT2D eigenvalue weighted by Crippen LogP contribution is 2.25. The lowest BCUT2D eigenvalue weighted by Gasteiger charge is -2.04. The van der Waals surface area contributed by atoms with Gasteiger partial charge in [-0.1, -0.05) is 0 Å². The summed E-state index contributed by atoms with van der Waals surface area (Å²) >= 11 is 4.42. The fraction of sp³-hybridized carbons (Fsp3) is 0.222. The fourth-order valence-electron chi connectivity index (χ4n) is 1.26. The molecule has 0 saturated heterocycles. The van der Waals surface area contributed by atoms with Gasteiger partial charge in [0.15, 0.2) is 0 Å². The van der Waals surface area contributed by atoms with Crippen molar-refractivity contribution in [2.45, 2.75) is 10.8 Å². The molecule has 2 aromatic heterocycles. The zero-order valence-corrected chi connectivity index (χ0v) is 12.1. The van der Waals surface area contributed by atoms with Gasteiger partial charge in [-0.15, -0.1) is 11.3 Å². The average Bonchev–Trinajstić information content (AvgIpc) is 2.85. The van der Waals surface area contributed by atoms with E-state index in [1.54, 1.807) is 36.1 Å². The number of nitrogens with zero attached hydrogens (tertiary/aromatic N) is 2. The van der Waals surface area contributed by atoms with E-state index < -0.39 is 10.0 Å². The molecule has 0 aromatic carbocycles. The Hall–Kier alpha value is -0.700. The molecule has 0 atom stereocenters. The predicted molar refractivity (Wildman–Crippen MR) is 69.3 cm³/mol. The molecule has 0 spiro atoms. The molecule has 92 valence electrons. The minimum Gasteiger partial charge on any atom is -0.271 e. The number of thiophene rings is 1. The summed E-state index contributed by atoms with van der Waals surface area (Å²) in [4.78, 5) is 0. The molecule has 0 aliphatic heterocycles. The fourth-order valence-corrected chi connectivity index (χ4v) is 4.31. The molecule has 0 amide bonds. The molecule has 8 heteroatoms. The van der Waals surface area contributed by atoms with Crippen LogP contribution in [0.2, 0.25) is 0 Å². The number of aryl methyl sites for hydroxylation is 1. The second-order valence-corrected chi connectivity index (χ2v) is 7.79. The minimum absolute atomic E-state index is 0.231. The van der Waals surface area contributed by atoms with Crippen molar-refractivity contribution in [3.8, 4) is 0 Å². The quantitative estimate of drug-likeness (QED) is 0.925. The molecule has 0 saturated carbocycles. The van der Waals surface area contributed by atoms with E-state index in [-0.39, 0.29) is 6.54 Å². The molecule has 0 fully saturated rings. The summed E-state index contributed by atoms with van der Waals surface area (Å²) in [7, 11) is -1.67. The summed E-state index contributed by atoms with van der Waals surface area (Å²) in [6.45, 7) is 0.231. The lowest BCUT2D eigenvalue weighted by atomic mass is 10.4. The van der Waals surface area contributed by atoms with E-state index in [1.165, 1.54) is 11.3 Å². The molecule has 2 heterocycles. The van der Waals surface area contributed by atoms with Crippen LogP contribution in [0.1, 0.15) is 5.69 Å². The smallest absolute Gasteiger partial charge is 0.250 e. The van der Waals surface area contributed by atoms with Crippen LogP contribution in [0.4, 0.5) is 0 Å². The first-order valence-corrected chi connectivity index (χ1v) is 7.80. The van der Waals surface area contributed by atoms with Crippen LogP contribution >= 0.6 is 27.3 Å². The predicted octanol–water partition coefficient (Wildman–Crippen LogP) is 1.72. The maximum absolute atomic E-state index is 11.9. The van der Waals surface area contributed by atoms with Crippen molar-refractivity contribution in [2.75, 3.05) is 0 Å². The zero-order valence-electron chi connectivity index (χ0n) is 8.92. The summed E-state index contributed by atoms with van der Waals surface area (Å²) in [5, 5.41) is 3.97. The zero-order chi connectivity index (χ0) is 12.5. The molecule has 2 rings (SSSR count). The Kier molecular flexibility index (Phi) is 3.67. The van der Waals surface area contributed by atoms with Gasteiger partial charge in [-0.25, -0.2) is 13.1 Å². The van der Waals surface area contributed by atoms with Crippen LogP contribution in [0.15, 0.2) is 32.4 Å².